The van der Waals surface area contributed by atoms with Gasteiger partial charge in [0.1, 0.15) is 28.5 Å². The molecule has 3 aromatic rings. The molecule has 1 aliphatic heterocycles. The van der Waals surface area contributed by atoms with Crippen molar-refractivity contribution in [3.05, 3.63) is 48.5 Å². The van der Waals surface area contributed by atoms with E-state index in [9.17, 15) is 4.79 Å². The summed E-state index contributed by atoms with van der Waals surface area (Å²) in [7, 11) is 0. The van der Waals surface area contributed by atoms with Crippen molar-refractivity contribution < 1.29 is 4.79 Å². The maximum absolute atomic E-state index is 12.5. The summed E-state index contributed by atoms with van der Waals surface area (Å²) in [6.07, 6.45) is 6.73. The number of hydrogen-bond donors (Lipinski definition) is 1. The fourth-order valence-corrected chi connectivity index (χ4v) is 3.56. The Morgan fingerprint density at radius 1 is 1.04 bits per heavy atom. The molecule has 0 unspecified atom stereocenters. The van der Waals surface area contributed by atoms with Gasteiger partial charge in [-0.2, -0.15) is 4.37 Å². The molecule has 0 spiro atoms. The molecule has 0 radical (unpaired) electrons. The lowest BCUT2D eigenvalue weighted by atomic mass is 10.1. The van der Waals surface area contributed by atoms with Crippen LogP contribution in [0, 0.1) is 0 Å². The van der Waals surface area contributed by atoms with Crippen molar-refractivity contribution in [1.82, 2.24) is 19.3 Å². The summed E-state index contributed by atoms with van der Waals surface area (Å²) in [5, 5.41) is 3.52. The van der Waals surface area contributed by atoms with Crippen molar-refractivity contribution in [1.29, 1.82) is 0 Å². The molecule has 0 atom stereocenters. The number of nitrogens with zero attached hydrogens (tertiary/aromatic N) is 5. The van der Waals surface area contributed by atoms with Crippen LogP contribution >= 0.6 is 11.5 Å². The molecule has 1 aliphatic rings. The summed E-state index contributed by atoms with van der Waals surface area (Å²) >= 11 is 1.22. The molecule has 1 fully saturated rings. The van der Waals surface area contributed by atoms with Crippen LogP contribution in [0.2, 0.25) is 0 Å². The summed E-state index contributed by atoms with van der Waals surface area (Å²) < 4.78 is 4.35. The first-order chi connectivity index (χ1) is 12.8. The summed E-state index contributed by atoms with van der Waals surface area (Å²) in [5.74, 6) is 0.546. The maximum atomic E-state index is 12.5. The lowest BCUT2D eigenvalue weighted by molar-refractivity contribution is 0.102. The highest BCUT2D eigenvalue weighted by atomic mass is 32.1. The van der Waals surface area contributed by atoms with Gasteiger partial charge in [-0.25, -0.2) is 9.97 Å². The smallest absolute Gasteiger partial charge is 0.275 e. The number of rotatable bonds is 4. The molecule has 1 amide bonds. The predicted octanol–water partition coefficient (Wildman–Crippen LogP) is 3.24. The normalized spacial score (nSPS) is 14.2. The van der Waals surface area contributed by atoms with Crippen molar-refractivity contribution in [3.63, 3.8) is 0 Å². The summed E-state index contributed by atoms with van der Waals surface area (Å²) in [6, 6.07) is 9.21. The Morgan fingerprint density at radius 3 is 2.73 bits per heavy atom. The van der Waals surface area contributed by atoms with Crippen LogP contribution in [0.5, 0.6) is 0 Å². The molecule has 4 heterocycles. The Hall–Kier alpha value is -2.87. The highest BCUT2D eigenvalue weighted by molar-refractivity contribution is 7.10. The quantitative estimate of drug-likeness (QED) is 0.763. The average Bonchev–Trinajstić information content (AvgIpc) is 3.18. The zero-order valence-electron chi connectivity index (χ0n) is 14.1. The van der Waals surface area contributed by atoms with E-state index in [-0.39, 0.29) is 5.91 Å². The minimum absolute atomic E-state index is 0.262. The summed E-state index contributed by atoms with van der Waals surface area (Å²) in [6.45, 7) is 1.95. The van der Waals surface area contributed by atoms with E-state index in [1.54, 1.807) is 12.3 Å². The Bertz CT molecular complexity index is 891. The molecule has 0 bridgehead atoms. The minimum Gasteiger partial charge on any atom is -0.357 e. The van der Waals surface area contributed by atoms with Crippen LogP contribution < -0.4 is 10.2 Å². The number of carbonyl (C=O) groups excluding carboxylic acids is 1. The second kappa shape index (κ2) is 7.57. The van der Waals surface area contributed by atoms with E-state index in [0.717, 1.165) is 43.1 Å². The standard InChI is InChI=1S/C18H18N6OS/c25-18(15-10-16(21-12-20-15)24-8-4-1-5-9-24)22-17-11-14(23-26-17)13-6-2-3-7-19-13/h2-3,6-7,10-12H,1,4-5,8-9H2,(H,22,25). The molecular weight excluding hydrogens is 348 g/mol. The van der Waals surface area contributed by atoms with Gasteiger partial charge in [0.05, 0.1) is 5.69 Å². The van der Waals surface area contributed by atoms with E-state index in [2.05, 4.69) is 29.5 Å². The van der Waals surface area contributed by atoms with Crippen LogP contribution in [-0.2, 0) is 0 Å². The monoisotopic (exact) mass is 366 g/mol. The van der Waals surface area contributed by atoms with Crippen molar-refractivity contribution in [2.45, 2.75) is 19.3 Å². The van der Waals surface area contributed by atoms with E-state index in [1.807, 2.05) is 24.3 Å². The lowest BCUT2D eigenvalue weighted by Gasteiger charge is -2.27. The first-order valence-corrected chi connectivity index (χ1v) is 9.33. The van der Waals surface area contributed by atoms with Gasteiger partial charge < -0.3 is 10.2 Å². The van der Waals surface area contributed by atoms with Crippen LogP contribution in [0.25, 0.3) is 11.4 Å². The fraction of sp³-hybridized carbons (Fsp3) is 0.278. The molecule has 132 valence electrons. The second-order valence-electron chi connectivity index (χ2n) is 6.05. The number of hydrogen-bond acceptors (Lipinski definition) is 7. The number of piperidine rings is 1. The van der Waals surface area contributed by atoms with Gasteiger partial charge in [-0.15, -0.1) is 0 Å². The van der Waals surface area contributed by atoms with Crippen molar-refractivity contribution in [2.75, 3.05) is 23.3 Å². The number of carbonyl (C=O) groups is 1. The molecule has 7 nitrogen and oxygen atoms in total. The molecule has 0 saturated carbocycles. The average molecular weight is 366 g/mol. The maximum Gasteiger partial charge on any atom is 0.275 e. The topological polar surface area (TPSA) is 83.9 Å². The number of aromatic nitrogens is 4. The van der Waals surface area contributed by atoms with Crippen LogP contribution in [0.1, 0.15) is 29.8 Å². The van der Waals surface area contributed by atoms with E-state index in [1.165, 1.54) is 24.3 Å². The Kier molecular flexibility index (Phi) is 4.83. The summed E-state index contributed by atoms with van der Waals surface area (Å²) in [5.41, 5.74) is 1.87. The van der Waals surface area contributed by atoms with Crippen molar-refractivity contribution in [2.24, 2.45) is 0 Å². The van der Waals surface area contributed by atoms with Crippen molar-refractivity contribution >= 4 is 28.3 Å². The van der Waals surface area contributed by atoms with Crippen LogP contribution in [0.3, 0.4) is 0 Å². The molecule has 8 heteroatoms. The second-order valence-corrected chi connectivity index (χ2v) is 6.86. The van der Waals surface area contributed by atoms with E-state index >= 15 is 0 Å². The van der Waals surface area contributed by atoms with Gasteiger partial charge in [-0.05, 0) is 42.9 Å². The Morgan fingerprint density at radius 2 is 1.92 bits per heavy atom. The minimum atomic E-state index is -0.262. The fourth-order valence-electron chi connectivity index (χ4n) is 2.91. The van der Waals surface area contributed by atoms with Gasteiger partial charge in [0.15, 0.2) is 0 Å². The first kappa shape index (κ1) is 16.6. The number of amides is 1. The number of pyridine rings is 1. The first-order valence-electron chi connectivity index (χ1n) is 8.56. The Balaban J connectivity index is 1.47. The number of anilines is 2. The molecular formula is C18H18N6OS. The van der Waals surface area contributed by atoms with Crippen LogP contribution in [0.15, 0.2) is 42.9 Å². The Labute approximate surface area is 155 Å². The van der Waals surface area contributed by atoms with Gasteiger partial charge in [-0.3, -0.25) is 9.78 Å². The highest BCUT2D eigenvalue weighted by Gasteiger charge is 2.16. The van der Waals surface area contributed by atoms with Gasteiger partial charge in [0, 0.05) is 31.4 Å². The molecule has 0 aromatic carbocycles. The molecule has 4 rings (SSSR count). The van der Waals surface area contributed by atoms with Crippen LogP contribution in [0.4, 0.5) is 10.8 Å². The third kappa shape index (κ3) is 3.70. The molecule has 26 heavy (non-hydrogen) atoms. The van der Waals surface area contributed by atoms with E-state index in [0.29, 0.717) is 10.7 Å². The predicted molar refractivity (Wildman–Crippen MR) is 101 cm³/mol. The lowest BCUT2D eigenvalue weighted by Crippen LogP contribution is -2.30. The van der Waals surface area contributed by atoms with Gasteiger partial charge >= 0.3 is 0 Å². The van der Waals surface area contributed by atoms with Gasteiger partial charge in [0.2, 0.25) is 0 Å². The van der Waals surface area contributed by atoms with Crippen LogP contribution in [-0.4, -0.2) is 38.3 Å². The third-order valence-electron chi connectivity index (χ3n) is 4.24. The number of nitrogens with one attached hydrogen (secondary N) is 1. The van der Waals surface area contributed by atoms with Crippen molar-refractivity contribution in [3.8, 4) is 11.4 Å². The summed E-state index contributed by atoms with van der Waals surface area (Å²) in [4.78, 5) is 27.4. The molecule has 1 saturated heterocycles. The third-order valence-corrected chi connectivity index (χ3v) is 4.94. The van der Waals surface area contributed by atoms with E-state index < -0.39 is 0 Å². The zero-order valence-corrected chi connectivity index (χ0v) is 14.9. The molecule has 3 aromatic heterocycles. The van der Waals surface area contributed by atoms with E-state index in [4.69, 9.17) is 0 Å². The largest absolute Gasteiger partial charge is 0.357 e. The zero-order chi connectivity index (χ0) is 17.8. The molecule has 1 N–H and O–H groups in total. The van der Waals surface area contributed by atoms with Gasteiger partial charge in [0.25, 0.3) is 5.91 Å². The van der Waals surface area contributed by atoms with Gasteiger partial charge in [-0.1, -0.05) is 6.07 Å². The highest BCUT2D eigenvalue weighted by Crippen LogP contribution is 2.24. The molecule has 0 aliphatic carbocycles. The SMILES string of the molecule is O=C(Nc1cc(-c2ccccn2)ns1)c1cc(N2CCCCC2)ncn1.